The molecule has 0 aliphatic heterocycles. The molecule has 1 saturated carbocycles. The Morgan fingerprint density at radius 1 is 1.19 bits per heavy atom. The van der Waals surface area contributed by atoms with Gasteiger partial charge in [-0.2, -0.15) is 0 Å². The highest BCUT2D eigenvalue weighted by molar-refractivity contribution is 5.94. The zero-order valence-corrected chi connectivity index (χ0v) is 11.3. The zero-order valence-electron chi connectivity index (χ0n) is 11.3. The SMILES string of the molecule is C/C(=C/C(=O)C(C)(C)C)CC1CCCCC1. The van der Waals surface area contributed by atoms with Crippen LogP contribution in [-0.2, 0) is 4.79 Å². The van der Waals surface area contributed by atoms with Crippen molar-refractivity contribution in [1.29, 1.82) is 0 Å². The molecule has 0 heterocycles. The van der Waals surface area contributed by atoms with E-state index in [4.69, 9.17) is 0 Å². The van der Waals surface area contributed by atoms with Gasteiger partial charge in [-0.25, -0.2) is 0 Å². The average Bonchev–Trinajstić information content (AvgIpc) is 2.17. The number of allylic oxidation sites excluding steroid dienone is 2. The number of rotatable bonds is 3. The summed E-state index contributed by atoms with van der Waals surface area (Å²) in [4.78, 5) is 11.8. The lowest BCUT2D eigenvalue weighted by atomic mass is 9.83. The fourth-order valence-corrected chi connectivity index (χ4v) is 2.35. The predicted molar refractivity (Wildman–Crippen MR) is 69.4 cm³/mol. The standard InChI is InChI=1S/C15H26O/c1-12(11-14(16)15(2,3)4)10-13-8-6-5-7-9-13/h11,13H,5-10H2,1-4H3/b12-11-. The van der Waals surface area contributed by atoms with Gasteiger partial charge in [-0.15, -0.1) is 0 Å². The minimum atomic E-state index is -0.228. The maximum absolute atomic E-state index is 11.8. The smallest absolute Gasteiger partial charge is 0.160 e. The number of ketones is 1. The third-order valence-electron chi connectivity index (χ3n) is 3.45. The average molecular weight is 222 g/mol. The zero-order chi connectivity index (χ0) is 12.2. The minimum absolute atomic E-state index is 0.228. The Morgan fingerprint density at radius 3 is 2.25 bits per heavy atom. The summed E-state index contributed by atoms with van der Waals surface area (Å²) in [6, 6.07) is 0. The van der Waals surface area contributed by atoms with Gasteiger partial charge in [0.15, 0.2) is 5.78 Å². The molecular formula is C15H26O. The number of hydrogen-bond acceptors (Lipinski definition) is 1. The largest absolute Gasteiger partial charge is 0.294 e. The van der Waals surface area contributed by atoms with Crippen LogP contribution in [0.1, 0.15) is 66.2 Å². The van der Waals surface area contributed by atoms with Crippen molar-refractivity contribution in [2.24, 2.45) is 11.3 Å². The lowest BCUT2D eigenvalue weighted by molar-refractivity contribution is -0.121. The van der Waals surface area contributed by atoms with Crippen molar-refractivity contribution in [1.82, 2.24) is 0 Å². The van der Waals surface area contributed by atoms with E-state index in [9.17, 15) is 4.79 Å². The van der Waals surface area contributed by atoms with E-state index >= 15 is 0 Å². The van der Waals surface area contributed by atoms with Crippen molar-refractivity contribution < 1.29 is 4.79 Å². The first-order valence-electron chi connectivity index (χ1n) is 6.61. The first-order valence-corrected chi connectivity index (χ1v) is 6.61. The molecule has 1 heteroatoms. The van der Waals surface area contributed by atoms with Crippen LogP contribution in [0, 0.1) is 11.3 Å². The van der Waals surface area contributed by atoms with E-state index in [0.29, 0.717) is 0 Å². The Hall–Kier alpha value is -0.590. The summed E-state index contributed by atoms with van der Waals surface area (Å²) in [5, 5.41) is 0. The highest BCUT2D eigenvalue weighted by atomic mass is 16.1. The molecule has 1 aliphatic rings. The molecule has 16 heavy (non-hydrogen) atoms. The van der Waals surface area contributed by atoms with Gasteiger partial charge < -0.3 is 0 Å². The summed E-state index contributed by atoms with van der Waals surface area (Å²) in [5.74, 6) is 1.10. The molecule has 0 aromatic heterocycles. The summed E-state index contributed by atoms with van der Waals surface area (Å²) in [6.07, 6.45) is 9.87. The van der Waals surface area contributed by atoms with Gasteiger partial charge >= 0.3 is 0 Å². The van der Waals surface area contributed by atoms with Crippen LogP contribution in [0.5, 0.6) is 0 Å². The second kappa shape index (κ2) is 5.65. The van der Waals surface area contributed by atoms with Gasteiger partial charge in [0, 0.05) is 5.41 Å². The predicted octanol–water partition coefficient (Wildman–Crippen LogP) is 4.52. The molecule has 0 radical (unpaired) electrons. The van der Waals surface area contributed by atoms with E-state index in [1.165, 1.54) is 37.7 Å². The molecule has 0 N–H and O–H groups in total. The van der Waals surface area contributed by atoms with Crippen molar-refractivity contribution in [3.8, 4) is 0 Å². The Labute approximate surface area is 100 Å². The summed E-state index contributed by atoms with van der Waals surface area (Å²) in [5.41, 5.74) is 1.04. The molecular weight excluding hydrogens is 196 g/mol. The van der Waals surface area contributed by atoms with Crippen LogP contribution in [0.4, 0.5) is 0 Å². The third kappa shape index (κ3) is 4.51. The van der Waals surface area contributed by atoms with E-state index in [1.54, 1.807) is 0 Å². The van der Waals surface area contributed by atoms with Crippen LogP contribution in [0.3, 0.4) is 0 Å². The number of hydrogen-bond donors (Lipinski definition) is 0. The third-order valence-corrected chi connectivity index (χ3v) is 3.45. The lowest BCUT2D eigenvalue weighted by Gasteiger charge is -2.22. The molecule has 1 aliphatic carbocycles. The first kappa shape index (κ1) is 13.5. The Balaban J connectivity index is 2.47. The van der Waals surface area contributed by atoms with Crippen LogP contribution >= 0.6 is 0 Å². The van der Waals surface area contributed by atoms with Gasteiger partial charge in [0.25, 0.3) is 0 Å². The summed E-state index contributed by atoms with van der Waals surface area (Å²) in [7, 11) is 0. The molecule has 0 spiro atoms. The van der Waals surface area contributed by atoms with Crippen LogP contribution in [-0.4, -0.2) is 5.78 Å². The van der Waals surface area contributed by atoms with Crippen molar-refractivity contribution in [2.75, 3.05) is 0 Å². The molecule has 1 rings (SSSR count). The highest BCUT2D eigenvalue weighted by Gasteiger charge is 2.20. The van der Waals surface area contributed by atoms with Gasteiger partial charge in [-0.05, 0) is 25.3 Å². The molecule has 0 amide bonds. The van der Waals surface area contributed by atoms with Crippen LogP contribution in [0.25, 0.3) is 0 Å². The molecule has 0 saturated heterocycles. The molecule has 0 unspecified atom stereocenters. The highest BCUT2D eigenvalue weighted by Crippen LogP contribution is 2.29. The fraction of sp³-hybridized carbons (Fsp3) is 0.800. The van der Waals surface area contributed by atoms with Gasteiger partial charge in [0.2, 0.25) is 0 Å². The van der Waals surface area contributed by atoms with Gasteiger partial charge in [0.05, 0.1) is 0 Å². The van der Waals surface area contributed by atoms with E-state index in [2.05, 4.69) is 6.92 Å². The molecule has 1 nitrogen and oxygen atoms in total. The maximum Gasteiger partial charge on any atom is 0.160 e. The van der Waals surface area contributed by atoms with Crippen LogP contribution in [0.15, 0.2) is 11.6 Å². The monoisotopic (exact) mass is 222 g/mol. The Morgan fingerprint density at radius 2 is 1.75 bits per heavy atom. The van der Waals surface area contributed by atoms with Gasteiger partial charge in [0.1, 0.15) is 0 Å². The van der Waals surface area contributed by atoms with Crippen LogP contribution < -0.4 is 0 Å². The topological polar surface area (TPSA) is 17.1 Å². The quantitative estimate of drug-likeness (QED) is 0.642. The second-order valence-corrected chi connectivity index (χ2v) is 6.31. The fourth-order valence-electron chi connectivity index (χ4n) is 2.35. The summed E-state index contributed by atoms with van der Waals surface area (Å²) in [6.45, 7) is 8.07. The van der Waals surface area contributed by atoms with Gasteiger partial charge in [-0.3, -0.25) is 4.79 Å². The van der Waals surface area contributed by atoms with E-state index < -0.39 is 0 Å². The number of carbonyl (C=O) groups is 1. The first-order chi connectivity index (χ1) is 7.39. The van der Waals surface area contributed by atoms with Crippen molar-refractivity contribution >= 4 is 5.78 Å². The summed E-state index contributed by atoms with van der Waals surface area (Å²) < 4.78 is 0. The Bertz CT molecular complexity index is 262. The van der Waals surface area contributed by atoms with E-state index in [-0.39, 0.29) is 11.2 Å². The molecule has 92 valence electrons. The van der Waals surface area contributed by atoms with E-state index in [0.717, 1.165) is 12.3 Å². The minimum Gasteiger partial charge on any atom is -0.294 e. The molecule has 0 aromatic carbocycles. The van der Waals surface area contributed by atoms with Crippen molar-refractivity contribution in [2.45, 2.75) is 66.2 Å². The lowest BCUT2D eigenvalue weighted by Crippen LogP contribution is -2.18. The van der Waals surface area contributed by atoms with Crippen LogP contribution in [0.2, 0.25) is 0 Å². The Kier molecular flexibility index (Phi) is 4.76. The molecule has 1 fully saturated rings. The maximum atomic E-state index is 11.8. The van der Waals surface area contributed by atoms with E-state index in [1.807, 2.05) is 26.8 Å². The molecule has 0 atom stereocenters. The number of carbonyl (C=O) groups excluding carboxylic acids is 1. The van der Waals surface area contributed by atoms with Crippen molar-refractivity contribution in [3.63, 3.8) is 0 Å². The summed E-state index contributed by atoms with van der Waals surface area (Å²) >= 11 is 0. The second-order valence-electron chi connectivity index (χ2n) is 6.31. The van der Waals surface area contributed by atoms with Gasteiger partial charge in [-0.1, -0.05) is 58.4 Å². The molecule has 0 bridgehead atoms. The normalized spacial score (nSPS) is 19.9. The van der Waals surface area contributed by atoms with Crippen molar-refractivity contribution in [3.05, 3.63) is 11.6 Å². The molecule has 0 aromatic rings.